The zero-order valence-corrected chi connectivity index (χ0v) is 11.1. The molecule has 0 aliphatic heterocycles. The first kappa shape index (κ1) is 12.0. The van der Waals surface area contributed by atoms with Gasteiger partial charge in [0.05, 0.1) is 18.6 Å². The minimum Gasteiger partial charge on any atom is -0.496 e. The van der Waals surface area contributed by atoms with Crippen LogP contribution in [0.1, 0.15) is 35.1 Å². The van der Waals surface area contributed by atoms with Gasteiger partial charge in [0.2, 0.25) is 0 Å². The summed E-state index contributed by atoms with van der Waals surface area (Å²) in [6, 6.07) is 4.56. The van der Waals surface area contributed by atoms with Crippen LogP contribution in [0, 0.1) is 37.5 Å². The Morgan fingerprint density at radius 2 is 1.94 bits per heavy atom. The highest BCUT2D eigenvalue weighted by molar-refractivity contribution is 5.49. The van der Waals surface area contributed by atoms with Crippen LogP contribution >= 0.6 is 0 Å². The van der Waals surface area contributed by atoms with Crippen LogP contribution in [0.2, 0.25) is 0 Å². The maximum atomic E-state index is 9.20. The summed E-state index contributed by atoms with van der Waals surface area (Å²) in [5.74, 6) is 0.950. The molecule has 0 unspecified atom stereocenters. The molecule has 0 spiro atoms. The molecule has 1 aliphatic rings. The fourth-order valence-corrected chi connectivity index (χ4v) is 2.40. The van der Waals surface area contributed by atoms with Gasteiger partial charge in [0, 0.05) is 0 Å². The molecule has 1 fully saturated rings. The van der Waals surface area contributed by atoms with E-state index >= 15 is 0 Å². The molecule has 0 heterocycles. The van der Waals surface area contributed by atoms with E-state index in [2.05, 4.69) is 32.9 Å². The van der Waals surface area contributed by atoms with Crippen molar-refractivity contribution in [1.29, 1.82) is 5.26 Å². The van der Waals surface area contributed by atoms with Crippen LogP contribution in [-0.4, -0.2) is 7.11 Å². The lowest BCUT2D eigenvalue weighted by Gasteiger charge is -2.17. The zero-order valence-electron chi connectivity index (χ0n) is 11.1. The van der Waals surface area contributed by atoms with Gasteiger partial charge in [-0.25, -0.2) is 0 Å². The van der Waals surface area contributed by atoms with Crippen molar-refractivity contribution < 1.29 is 4.74 Å². The van der Waals surface area contributed by atoms with Gasteiger partial charge in [0.15, 0.2) is 0 Å². The monoisotopic (exact) mass is 229 g/mol. The van der Waals surface area contributed by atoms with Gasteiger partial charge in [0.1, 0.15) is 5.75 Å². The van der Waals surface area contributed by atoms with Crippen molar-refractivity contribution in [2.45, 2.75) is 40.0 Å². The fourth-order valence-electron chi connectivity index (χ4n) is 2.40. The SMILES string of the molecule is COc1cc(C)c(CC2(C#N)CC2)c(C)c1C. The van der Waals surface area contributed by atoms with Gasteiger partial charge in [-0.3, -0.25) is 0 Å². The van der Waals surface area contributed by atoms with Crippen LogP contribution < -0.4 is 4.74 Å². The van der Waals surface area contributed by atoms with Gasteiger partial charge in [0.25, 0.3) is 0 Å². The molecule has 2 rings (SSSR count). The molecule has 1 aromatic carbocycles. The van der Waals surface area contributed by atoms with Crippen molar-refractivity contribution in [3.8, 4) is 11.8 Å². The summed E-state index contributed by atoms with van der Waals surface area (Å²) < 4.78 is 5.37. The van der Waals surface area contributed by atoms with E-state index in [1.807, 2.05) is 0 Å². The Balaban J connectivity index is 2.42. The van der Waals surface area contributed by atoms with Crippen LogP contribution in [0.5, 0.6) is 5.75 Å². The molecule has 0 atom stereocenters. The predicted octanol–water partition coefficient (Wildman–Crippen LogP) is 3.47. The molecule has 0 saturated heterocycles. The number of aryl methyl sites for hydroxylation is 1. The third-order valence-electron chi connectivity index (χ3n) is 4.03. The summed E-state index contributed by atoms with van der Waals surface area (Å²) in [4.78, 5) is 0. The first-order valence-corrected chi connectivity index (χ1v) is 6.08. The van der Waals surface area contributed by atoms with Crippen molar-refractivity contribution in [1.82, 2.24) is 0 Å². The normalized spacial score (nSPS) is 16.4. The summed E-state index contributed by atoms with van der Waals surface area (Å²) in [5.41, 5.74) is 4.98. The van der Waals surface area contributed by atoms with Crippen molar-refractivity contribution >= 4 is 0 Å². The Kier molecular flexibility index (Phi) is 2.87. The number of hydrogen-bond acceptors (Lipinski definition) is 2. The minimum absolute atomic E-state index is 0.0729. The number of ether oxygens (including phenoxy) is 1. The molecule has 90 valence electrons. The molecular formula is C15H19NO. The molecule has 0 aromatic heterocycles. The smallest absolute Gasteiger partial charge is 0.122 e. The van der Waals surface area contributed by atoms with E-state index in [-0.39, 0.29) is 5.41 Å². The highest BCUT2D eigenvalue weighted by Crippen LogP contribution is 2.48. The summed E-state index contributed by atoms with van der Waals surface area (Å²) in [6.07, 6.45) is 2.99. The average molecular weight is 229 g/mol. The Morgan fingerprint density at radius 3 is 2.41 bits per heavy atom. The second kappa shape index (κ2) is 4.07. The molecule has 17 heavy (non-hydrogen) atoms. The van der Waals surface area contributed by atoms with Gasteiger partial charge in [-0.1, -0.05) is 0 Å². The Hall–Kier alpha value is -1.49. The van der Waals surface area contributed by atoms with Crippen LogP contribution in [0.4, 0.5) is 0 Å². The van der Waals surface area contributed by atoms with Crippen LogP contribution in [-0.2, 0) is 6.42 Å². The van der Waals surface area contributed by atoms with E-state index in [1.54, 1.807) is 7.11 Å². The van der Waals surface area contributed by atoms with E-state index in [0.717, 1.165) is 25.0 Å². The van der Waals surface area contributed by atoms with E-state index in [1.165, 1.54) is 22.3 Å². The maximum absolute atomic E-state index is 9.20. The summed E-state index contributed by atoms with van der Waals surface area (Å²) in [6.45, 7) is 6.33. The van der Waals surface area contributed by atoms with Gasteiger partial charge in [-0.05, 0) is 68.4 Å². The summed E-state index contributed by atoms with van der Waals surface area (Å²) >= 11 is 0. The number of methoxy groups -OCH3 is 1. The van der Waals surface area contributed by atoms with E-state index in [4.69, 9.17) is 4.74 Å². The van der Waals surface area contributed by atoms with Crippen molar-refractivity contribution in [3.63, 3.8) is 0 Å². The predicted molar refractivity (Wildman–Crippen MR) is 68.2 cm³/mol. The van der Waals surface area contributed by atoms with E-state index in [0.29, 0.717) is 0 Å². The number of nitrogens with zero attached hydrogens (tertiary/aromatic N) is 1. The van der Waals surface area contributed by atoms with Crippen LogP contribution in [0.15, 0.2) is 6.07 Å². The number of rotatable bonds is 3. The lowest BCUT2D eigenvalue weighted by molar-refractivity contribution is 0.410. The highest BCUT2D eigenvalue weighted by atomic mass is 16.5. The second-order valence-corrected chi connectivity index (χ2v) is 5.19. The molecule has 1 aliphatic carbocycles. The number of nitriles is 1. The Bertz CT molecular complexity index is 493. The Morgan fingerprint density at radius 1 is 1.29 bits per heavy atom. The molecule has 1 saturated carbocycles. The molecule has 0 radical (unpaired) electrons. The van der Waals surface area contributed by atoms with E-state index in [9.17, 15) is 5.26 Å². The average Bonchev–Trinajstić information content (AvgIpc) is 3.10. The zero-order chi connectivity index (χ0) is 12.6. The van der Waals surface area contributed by atoms with Gasteiger partial charge < -0.3 is 4.74 Å². The first-order valence-electron chi connectivity index (χ1n) is 6.08. The third-order valence-corrected chi connectivity index (χ3v) is 4.03. The molecule has 2 heteroatoms. The molecular weight excluding hydrogens is 210 g/mol. The quantitative estimate of drug-likeness (QED) is 0.795. The molecule has 0 N–H and O–H groups in total. The summed E-state index contributed by atoms with van der Waals surface area (Å²) in [5, 5.41) is 9.20. The van der Waals surface area contributed by atoms with Gasteiger partial charge in [-0.15, -0.1) is 0 Å². The van der Waals surface area contributed by atoms with E-state index < -0.39 is 0 Å². The standard InChI is InChI=1S/C15H19NO/c1-10-7-14(17-4)12(3)11(2)13(10)8-15(9-16)5-6-15/h7H,5-6,8H2,1-4H3. The lowest BCUT2D eigenvalue weighted by Crippen LogP contribution is -2.07. The second-order valence-electron chi connectivity index (χ2n) is 5.19. The number of hydrogen-bond donors (Lipinski definition) is 0. The highest BCUT2D eigenvalue weighted by Gasteiger charge is 2.43. The lowest BCUT2D eigenvalue weighted by atomic mass is 9.89. The van der Waals surface area contributed by atoms with Crippen LogP contribution in [0.25, 0.3) is 0 Å². The largest absolute Gasteiger partial charge is 0.496 e. The molecule has 1 aromatic rings. The van der Waals surface area contributed by atoms with Crippen molar-refractivity contribution in [3.05, 3.63) is 28.3 Å². The fraction of sp³-hybridized carbons (Fsp3) is 0.533. The topological polar surface area (TPSA) is 33.0 Å². The summed E-state index contributed by atoms with van der Waals surface area (Å²) in [7, 11) is 1.71. The number of benzene rings is 1. The Labute approximate surface area is 103 Å². The molecule has 0 amide bonds. The van der Waals surface area contributed by atoms with Gasteiger partial charge in [-0.2, -0.15) is 5.26 Å². The first-order chi connectivity index (χ1) is 8.03. The van der Waals surface area contributed by atoms with Crippen LogP contribution in [0.3, 0.4) is 0 Å². The maximum Gasteiger partial charge on any atom is 0.122 e. The molecule has 0 bridgehead atoms. The van der Waals surface area contributed by atoms with Crippen molar-refractivity contribution in [2.24, 2.45) is 5.41 Å². The van der Waals surface area contributed by atoms with Crippen molar-refractivity contribution in [2.75, 3.05) is 7.11 Å². The minimum atomic E-state index is -0.0729. The molecule has 2 nitrogen and oxygen atoms in total. The third kappa shape index (κ3) is 2.02. The van der Waals surface area contributed by atoms with Gasteiger partial charge >= 0.3 is 0 Å².